The first kappa shape index (κ1) is 12.5. The van der Waals surface area contributed by atoms with E-state index in [-0.39, 0.29) is 5.78 Å². The Balaban J connectivity index is 2.38. The Labute approximate surface area is 107 Å². The predicted molar refractivity (Wildman–Crippen MR) is 69.7 cm³/mol. The molecule has 2 rings (SSSR count). The minimum absolute atomic E-state index is 0.0398. The topological polar surface area (TPSA) is 47.8 Å². The zero-order chi connectivity index (χ0) is 13.1. The van der Waals surface area contributed by atoms with Crippen LogP contribution in [0.3, 0.4) is 0 Å². The average molecular weight is 243 g/mol. The van der Waals surface area contributed by atoms with Crippen molar-refractivity contribution >= 4 is 5.78 Å². The van der Waals surface area contributed by atoms with Crippen molar-refractivity contribution in [3.8, 4) is 0 Å². The third kappa shape index (κ3) is 2.47. The van der Waals surface area contributed by atoms with Gasteiger partial charge in [0.25, 0.3) is 0 Å². The van der Waals surface area contributed by atoms with Gasteiger partial charge in [0, 0.05) is 35.9 Å². The van der Waals surface area contributed by atoms with Crippen molar-refractivity contribution in [1.29, 1.82) is 0 Å². The highest BCUT2D eigenvalue weighted by molar-refractivity contribution is 6.06. The Morgan fingerprint density at radius 2 is 1.94 bits per heavy atom. The van der Waals surface area contributed by atoms with Crippen LogP contribution in [0.1, 0.15) is 40.9 Å². The molecule has 0 saturated carbocycles. The molecule has 2 aromatic rings. The maximum absolute atomic E-state index is 12.4. The third-order valence-electron chi connectivity index (χ3n) is 2.73. The molecule has 0 aliphatic carbocycles. The smallest absolute Gasteiger partial charge is 0.228 e. The van der Waals surface area contributed by atoms with Gasteiger partial charge < -0.3 is 4.57 Å². The van der Waals surface area contributed by atoms with E-state index in [1.54, 1.807) is 18.3 Å². The van der Waals surface area contributed by atoms with Crippen LogP contribution < -0.4 is 0 Å². The van der Waals surface area contributed by atoms with Gasteiger partial charge in [0.15, 0.2) is 5.82 Å². The van der Waals surface area contributed by atoms with Crippen molar-refractivity contribution in [2.24, 2.45) is 0 Å². The monoisotopic (exact) mass is 243 g/mol. The fourth-order valence-electron chi connectivity index (χ4n) is 2.03. The van der Waals surface area contributed by atoms with Gasteiger partial charge in [-0.15, -0.1) is 0 Å². The van der Waals surface area contributed by atoms with Gasteiger partial charge in [-0.25, -0.2) is 4.98 Å². The number of hydrogen-bond donors (Lipinski definition) is 0. The van der Waals surface area contributed by atoms with Crippen LogP contribution in [0.25, 0.3) is 0 Å². The SMILES string of the molecule is CCCn1ccnc1C(=O)c1cc(C)nc(C)c1. The van der Waals surface area contributed by atoms with Crippen LogP contribution in [0.2, 0.25) is 0 Å². The van der Waals surface area contributed by atoms with E-state index in [2.05, 4.69) is 16.9 Å². The summed E-state index contributed by atoms with van der Waals surface area (Å²) in [5.74, 6) is 0.462. The van der Waals surface area contributed by atoms with Gasteiger partial charge in [-0.3, -0.25) is 9.78 Å². The van der Waals surface area contributed by atoms with Crippen molar-refractivity contribution < 1.29 is 4.79 Å². The van der Waals surface area contributed by atoms with E-state index in [1.807, 2.05) is 24.6 Å². The van der Waals surface area contributed by atoms with Crippen LogP contribution in [-0.2, 0) is 6.54 Å². The highest BCUT2D eigenvalue weighted by Crippen LogP contribution is 2.11. The molecule has 4 heteroatoms. The standard InChI is InChI=1S/C14H17N3O/c1-4-6-17-7-5-15-14(17)13(18)12-8-10(2)16-11(3)9-12/h5,7-9H,4,6H2,1-3H3. The first-order chi connectivity index (χ1) is 8.61. The fraction of sp³-hybridized carbons (Fsp3) is 0.357. The lowest BCUT2D eigenvalue weighted by atomic mass is 10.1. The molecule has 94 valence electrons. The molecule has 2 aromatic heterocycles. The maximum atomic E-state index is 12.4. The van der Waals surface area contributed by atoms with Crippen molar-refractivity contribution in [2.45, 2.75) is 33.7 Å². The summed E-state index contributed by atoms with van der Waals surface area (Å²) >= 11 is 0. The second-order valence-electron chi connectivity index (χ2n) is 4.41. The Morgan fingerprint density at radius 1 is 1.28 bits per heavy atom. The second-order valence-corrected chi connectivity index (χ2v) is 4.41. The highest BCUT2D eigenvalue weighted by Gasteiger charge is 2.15. The van der Waals surface area contributed by atoms with Crippen molar-refractivity contribution in [3.05, 3.63) is 47.3 Å². The van der Waals surface area contributed by atoms with Gasteiger partial charge in [0.05, 0.1) is 0 Å². The number of imidazole rings is 1. The number of pyridine rings is 1. The van der Waals surface area contributed by atoms with E-state index in [0.717, 1.165) is 24.4 Å². The average Bonchev–Trinajstić information content (AvgIpc) is 2.75. The summed E-state index contributed by atoms with van der Waals surface area (Å²) in [5, 5.41) is 0. The normalized spacial score (nSPS) is 10.6. The molecule has 0 amide bonds. The zero-order valence-electron chi connectivity index (χ0n) is 11.0. The van der Waals surface area contributed by atoms with E-state index < -0.39 is 0 Å². The highest BCUT2D eigenvalue weighted by atomic mass is 16.1. The van der Waals surface area contributed by atoms with Gasteiger partial charge in [-0.2, -0.15) is 0 Å². The van der Waals surface area contributed by atoms with Crippen molar-refractivity contribution in [3.63, 3.8) is 0 Å². The lowest BCUT2D eigenvalue weighted by molar-refractivity contribution is 0.102. The summed E-state index contributed by atoms with van der Waals surface area (Å²) in [6.07, 6.45) is 4.49. The number of nitrogens with zero attached hydrogens (tertiary/aromatic N) is 3. The summed E-state index contributed by atoms with van der Waals surface area (Å²) in [4.78, 5) is 20.8. The summed E-state index contributed by atoms with van der Waals surface area (Å²) in [7, 11) is 0. The molecule has 0 aliphatic heterocycles. The van der Waals surface area contributed by atoms with Crippen LogP contribution in [0.4, 0.5) is 0 Å². The van der Waals surface area contributed by atoms with E-state index in [4.69, 9.17) is 0 Å². The number of aryl methyl sites for hydroxylation is 3. The Morgan fingerprint density at radius 3 is 2.56 bits per heavy atom. The van der Waals surface area contributed by atoms with E-state index in [9.17, 15) is 4.79 Å². The van der Waals surface area contributed by atoms with Gasteiger partial charge in [0.2, 0.25) is 5.78 Å². The van der Waals surface area contributed by atoms with Crippen LogP contribution in [0, 0.1) is 13.8 Å². The molecule has 0 saturated heterocycles. The van der Waals surface area contributed by atoms with Crippen LogP contribution in [-0.4, -0.2) is 20.3 Å². The van der Waals surface area contributed by atoms with E-state index >= 15 is 0 Å². The zero-order valence-corrected chi connectivity index (χ0v) is 11.0. The van der Waals surface area contributed by atoms with Gasteiger partial charge in [0.1, 0.15) is 0 Å². The molecule has 0 N–H and O–H groups in total. The maximum Gasteiger partial charge on any atom is 0.228 e. The van der Waals surface area contributed by atoms with Gasteiger partial charge in [-0.05, 0) is 32.4 Å². The van der Waals surface area contributed by atoms with E-state index in [1.165, 1.54) is 0 Å². The minimum Gasteiger partial charge on any atom is -0.328 e. The Kier molecular flexibility index (Phi) is 3.55. The molecule has 0 atom stereocenters. The van der Waals surface area contributed by atoms with Crippen molar-refractivity contribution in [1.82, 2.24) is 14.5 Å². The molecule has 0 spiro atoms. The van der Waals surface area contributed by atoms with Crippen LogP contribution in [0.15, 0.2) is 24.5 Å². The number of rotatable bonds is 4. The number of carbonyl (C=O) groups excluding carboxylic acids is 1. The first-order valence-electron chi connectivity index (χ1n) is 6.13. The molecule has 0 aliphatic rings. The molecule has 0 fully saturated rings. The summed E-state index contributed by atoms with van der Waals surface area (Å²) in [6.45, 7) is 6.67. The Hall–Kier alpha value is -1.97. The summed E-state index contributed by atoms with van der Waals surface area (Å²) < 4.78 is 1.90. The van der Waals surface area contributed by atoms with Gasteiger partial charge in [-0.1, -0.05) is 6.92 Å². The van der Waals surface area contributed by atoms with Gasteiger partial charge >= 0.3 is 0 Å². The number of carbonyl (C=O) groups is 1. The molecule has 0 unspecified atom stereocenters. The lowest BCUT2D eigenvalue weighted by Gasteiger charge is -2.06. The van der Waals surface area contributed by atoms with Crippen LogP contribution in [0.5, 0.6) is 0 Å². The molecular formula is C14H17N3O. The molecule has 4 nitrogen and oxygen atoms in total. The number of hydrogen-bond acceptors (Lipinski definition) is 3. The quantitative estimate of drug-likeness (QED) is 0.775. The molecule has 0 bridgehead atoms. The number of aromatic nitrogens is 3. The molecule has 18 heavy (non-hydrogen) atoms. The largest absolute Gasteiger partial charge is 0.328 e. The van der Waals surface area contributed by atoms with Crippen molar-refractivity contribution in [2.75, 3.05) is 0 Å². The lowest BCUT2D eigenvalue weighted by Crippen LogP contribution is -2.12. The minimum atomic E-state index is -0.0398. The Bertz CT molecular complexity index is 552. The molecule has 2 heterocycles. The number of ketones is 1. The van der Waals surface area contributed by atoms with Crippen LogP contribution >= 0.6 is 0 Å². The molecule has 0 aromatic carbocycles. The summed E-state index contributed by atoms with van der Waals surface area (Å²) in [5.41, 5.74) is 2.36. The fourth-order valence-corrected chi connectivity index (χ4v) is 2.03. The predicted octanol–water partition coefficient (Wildman–Crippen LogP) is 2.54. The van der Waals surface area contributed by atoms with E-state index in [0.29, 0.717) is 11.4 Å². The third-order valence-corrected chi connectivity index (χ3v) is 2.73. The summed E-state index contributed by atoms with van der Waals surface area (Å²) in [6, 6.07) is 3.61. The first-order valence-corrected chi connectivity index (χ1v) is 6.13. The second kappa shape index (κ2) is 5.12. The molecular weight excluding hydrogens is 226 g/mol. The molecule has 0 radical (unpaired) electrons.